The van der Waals surface area contributed by atoms with Crippen LogP contribution < -0.4 is 4.90 Å². The van der Waals surface area contributed by atoms with E-state index >= 15 is 0 Å². The molecule has 1 aromatic heterocycles. The Hall–Kier alpha value is -3.06. The Labute approximate surface area is 167 Å². The Morgan fingerprint density at radius 1 is 1.11 bits per heavy atom. The molecule has 2 unspecified atom stereocenters. The Morgan fingerprint density at radius 3 is 2.64 bits per heavy atom. The predicted molar refractivity (Wildman–Crippen MR) is 112 cm³/mol. The van der Waals surface area contributed by atoms with Crippen LogP contribution in [0, 0.1) is 11.3 Å². The van der Waals surface area contributed by atoms with Gasteiger partial charge >= 0.3 is 0 Å². The number of para-hydroxylation sites is 1. The molecule has 1 aliphatic rings. The second-order valence-corrected chi connectivity index (χ2v) is 7.64. The zero-order chi connectivity index (χ0) is 19.3. The van der Waals surface area contributed by atoms with Gasteiger partial charge < -0.3 is 9.47 Å². The summed E-state index contributed by atoms with van der Waals surface area (Å²) in [5.74, 6) is 0.390. The number of imidazole rings is 1. The zero-order valence-electron chi connectivity index (χ0n) is 16.3. The molecule has 2 aromatic carbocycles. The highest BCUT2D eigenvalue weighted by Gasteiger charge is 2.30. The highest BCUT2D eigenvalue weighted by Crippen LogP contribution is 2.33. The molecule has 2 atom stereocenters. The fraction of sp³-hybridized carbons (Fsp3) is 0.333. The quantitative estimate of drug-likeness (QED) is 0.637. The van der Waals surface area contributed by atoms with Crippen molar-refractivity contribution < 1.29 is 0 Å². The van der Waals surface area contributed by atoms with Crippen molar-refractivity contribution in [2.45, 2.75) is 44.7 Å². The van der Waals surface area contributed by atoms with Gasteiger partial charge in [-0.25, -0.2) is 4.98 Å². The molecule has 0 amide bonds. The maximum atomic E-state index is 9.00. The molecule has 4 rings (SSSR count). The number of hydrogen-bond acceptors (Lipinski definition) is 3. The number of rotatable bonds is 5. The highest BCUT2D eigenvalue weighted by atomic mass is 15.2. The van der Waals surface area contributed by atoms with Crippen LogP contribution in [0.2, 0.25) is 0 Å². The normalized spacial score (nSPS) is 17.9. The molecule has 0 spiro atoms. The third kappa shape index (κ3) is 3.80. The summed E-state index contributed by atoms with van der Waals surface area (Å²) >= 11 is 0. The van der Waals surface area contributed by atoms with Gasteiger partial charge in [-0.2, -0.15) is 5.26 Å². The molecule has 1 fully saturated rings. The Morgan fingerprint density at radius 2 is 1.89 bits per heavy atom. The fourth-order valence-corrected chi connectivity index (χ4v) is 4.34. The van der Waals surface area contributed by atoms with E-state index in [0.717, 1.165) is 13.1 Å². The Bertz CT molecular complexity index is 937. The number of anilines is 1. The zero-order valence-corrected chi connectivity index (χ0v) is 16.3. The standard InChI is InChI=1S/C24H26N4/c1-19(23-9-5-6-14-28(23)22-7-3-2-4-8-22)24-16-26-18-27(24)17-21-12-10-20(15-25)11-13-21/h2-4,7-8,10-13,16,18-19,23H,5-6,9,14,17H2,1H3. The molecule has 4 nitrogen and oxygen atoms in total. The van der Waals surface area contributed by atoms with Gasteiger partial charge in [0.2, 0.25) is 0 Å². The lowest BCUT2D eigenvalue weighted by molar-refractivity contribution is 0.404. The number of nitrogens with zero attached hydrogens (tertiary/aromatic N) is 4. The summed E-state index contributed by atoms with van der Waals surface area (Å²) in [7, 11) is 0. The molecule has 0 saturated carbocycles. The van der Waals surface area contributed by atoms with Crippen LogP contribution in [0.15, 0.2) is 67.1 Å². The number of nitriles is 1. The van der Waals surface area contributed by atoms with E-state index in [1.807, 2.05) is 36.8 Å². The van der Waals surface area contributed by atoms with Crippen LogP contribution in [0.25, 0.3) is 0 Å². The van der Waals surface area contributed by atoms with Gasteiger partial charge in [-0.3, -0.25) is 0 Å². The number of aromatic nitrogens is 2. The fourth-order valence-electron chi connectivity index (χ4n) is 4.34. The molecule has 142 valence electrons. The van der Waals surface area contributed by atoms with Crippen molar-refractivity contribution in [3.8, 4) is 6.07 Å². The SMILES string of the molecule is CC(c1cncn1Cc1ccc(C#N)cc1)C1CCCCN1c1ccccc1. The topological polar surface area (TPSA) is 44.9 Å². The van der Waals surface area contributed by atoms with Crippen molar-refractivity contribution in [2.24, 2.45) is 0 Å². The summed E-state index contributed by atoms with van der Waals surface area (Å²) in [6.07, 6.45) is 7.69. The third-order valence-electron chi connectivity index (χ3n) is 5.86. The van der Waals surface area contributed by atoms with Crippen LogP contribution in [0.3, 0.4) is 0 Å². The van der Waals surface area contributed by atoms with Crippen molar-refractivity contribution in [3.63, 3.8) is 0 Å². The second kappa shape index (κ2) is 8.31. The molecule has 28 heavy (non-hydrogen) atoms. The summed E-state index contributed by atoms with van der Waals surface area (Å²) in [4.78, 5) is 7.03. The van der Waals surface area contributed by atoms with E-state index in [1.165, 1.54) is 36.2 Å². The van der Waals surface area contributed by atoms with Gasteiger partial charge in [0.1, 0.15) is 0 Å². The van der Waals surface area contributed by atoms with Crippen LogP contribution in [0.1, 0.15) is 48.9 Å². The minimum atomic E-state index is 0.390. The van der Waals surface area contributed by atoms with E-state index in [1.54, 1.807) is 0 Å². The summed E-state index contributed by atoms with van der Waals surface area (Å²) in [6.45, 7) is 4.23. The lowest BCUT2D eigenvalue weighted by Crippen LogP contribution is -2.43. The molecular formula is C24H26N4. The van der Waals surface area contributed by atoms with Gasteiger partial charge in [0, 0.05) is 42.6 Å². The first-order valence-electron chi connectivity index (χ1n) is 10.1. The molecule has 0 radical (unpaired) electrons. The van der Waals surface area contributed by atoms with Crippen LogP contribution in [0.4, 0.5) is 5.69 Å². The van der Waals surface area contributed by atoms with Crippen molar-refractivity contribution in [2.75, 3.05) is 11.4 Å². The van der Waals surface area contributed by atoms with Gasteiger partial charge in [0.15, 0.2) is 0 Å². The molecule has 0 N–H and O–H groups in total. The first-order valence-corrected chi connectivity index (χ1v) is 10.1. The molecule has 0 aliphatic carbocycles. The van der Waals surface area contributed by atoms with Gasteiger partial charge in [0.25, 0.3) is 0 Å². The molecule has 4 heteroatoms. The average Bonchev–Trinajstić information content (AvgIpc) is 3.22. The number of piperidine rings is 1. The smallest absolute Gasteiger partial charge is 0.0991 e. The molecule has 1 saturated heterocycles. The van der Waals surface area contributed by atoms with Gasteiger partial charge in [0.05, 0.1) is 18.0 Å². The van der Waals surface area contributed by atoms with Crippen LogP contribution >= 0.6 is 0 Å². The van der Waals surface area contributed by atoms with Crippen molar-refractivity contribution in [1.29, 1.82) is 5.26 Å². The van der Waals surface area contributed by atoms with Crippen LogP contribution in [-0.4, -0.2) is 22.1 Å². The summed E-state index contributed by atoms with van der Waals surface area (Å²) in [6, 6.07) is 21.3. The van der Waals surface area contributed by atoms with Gasteiger partial charge in [-0.1, -0.05) is 37.3 Å². The molecular weight excluding hydrogens is 344 g/mol. The van der Waals surface area contributed by atoms with E-state index in [2.05, 4.69) is 57.8 Å². The molecule has 1 aliphatic heterocycles. The Kier molecular flexibility index (Phi) is 5.43. The van der Waals surface area contributed by atoms with Gasteiger partial charge in [-0.05, 0) is 49.1 Å². The van der Waals surface area contributed by atoms with E-state index in [-0.39, 0.29) is 0 Å². The lowest BCUT2D eigenvalue weighted by Gasteiger charge is -2.41. The summed E-state index contributed by atoms with van der Waals surface area (Å²) in [5, 5.41) is 9.00. The van der Waals surface area contributed by atoms with Gasteiger partial charge in [-0.15, -0.1) is 0 Å². The van der Waals surface area contributed by atoms with Crippen LogP contribution in [0.5, 0.6) is 0 Å². The van der Waals surface area contributed by atoms with E-state index in [4.69, 9.17) is 5.26 Å². The van der Waals surface area contributed by atoms with E-state index in [9.17, 15) is 0 Å². The van der Waals surface area contributed by atoms with Crippen molar-refractivity contribution in [1.82, 2.24) is 9.55 Å². The second-order valence-electron chi connectivity index (χ2n) is 7.64. The highest BCUT2D eigenvalue weighted by molar-refractivity contribution is 5.48. The first kappa shape index (κ1) is 18.3. The van der Waals surface area contributed by atoms with Crippen molar-refractivity contribution in [3.05, 3.63) is 83.9 Å². The first-order chi connectivity index (χ1) is 13.8. The molecule has 3 aromatic rings. The van der Waals surface area contributed by atoms with E-state index < -0.39 is 0 Å². The maximum Gasteiger partial charge on any atom is 0.0991 e. The largest absolute Gasteiger partial charge is 0.368 e. The number of hydrogen-bond donors (Lipinski definition) is 0. The summed E-state index contributed by atoms with van der Waals surface area (Å²) < 4.78 is 2.25. The maximum absolute atomic E-state index is 9.00. The van der Waals surface area contributed by atoms with Crippen molar-refractivity contribution >= 4 is 5.69 Å². The van der Waals surface area contributed by atoms with E-state index in [0.29, 0.717) is 17.5 Å². The monoisotopic (exact) mass is 370 g/mol. The minimum Gasteiger partial charge on any atom is -0.368 e. The minimum absolute atomic E-state index is 0.390. The molecule has 0 bridgehead atoms. The third-order valence-corrected chi connectivity index (χ3v) is 5.86. The Balaban J connectivity index is 1.56. The predicted octanol–water partition coefficient (Wildman–Crippen LogP) is 4.97. The molecule has 2 heterocycles. The lowest BCUT2D eigenvalue weighted by atomic mass is 9.89. The number of benzene rings is 2. The van der Waals surface area contributed by atoms with Crippen LogP contribution in [-0.2, 0) is 6.54 Å². The summed E-state index contributed by atoms with van der Waals surface area (Å²) in [5.41, 5.74) is 4.48. The average molecular weight is 371 g/mol.